The average Bonchev–Trinajstić information content (AvgIpc) is 3.42. The largest absolute Gasteiger partial charge is 0.443 e. The van der Waals surface area contributed by atoms with Crippen molar-refractivity contribution in [2.75, 3.05) is 13.3 Å². The van der Waals surface area contributed by atoms with Crippen LogP contribution in [0.2, 0.25) is 0 Å². The van der Waals surface area contributed by atoms with E-state index in [0.29, 0.717) is 21.3 Å². The molecule has 2 N–H and O–H groups in total. The fourth-order valence-electron chi connectivity index (χ4n) is 3.70. The van der Waals surface area contributed by atoms with Crippen LogP contribution in [0, 0.1) is 0 Å². The molecule has 1 atom stereocenters. The van der Waals surface area contributed by atoms with Crippen molar-refractivity contribution in [3.05, 3.63) is 53.6 Å². The molecule has 0 radical (unpaired) electrons. The van der Waals surface area contributed by atoms with Gasteiger partial charge in [-0.3, -0.25) is 15.1 Å². The van der Waals surface area contributed by atoms with Gasteiger partial charge in [0.25, 0.3) is 5.91 Å². The maximum atomic E-state index is 11.8. The minimum absolute atomic E-state index is 0.131. The Labute approximate surface area is 184 Å². The van der Waals surface area contributed by atoms with Crippen molar-refractivity contribution >= 4 is 21.3 Å². The summed E-state index contributed by atoms with van der Waals surface area (Å²) >= 11 is 0. The number of rotatable bonds is 6. The van der Waals surface area contributed by atoms with E-state index in [-0.39, 0.29) is 18.2 Å². The molecule has 0 spiro atoms. The highest BCUT2D eigenvalue weighted by Gasteiger charge is 2.24. The van der Waals surface area contributed by atoms with E-state index in [9.17, 15) is 18.4 Å². The number of amides is 1. The molecule has 11 heteroatoms. The summed E-state index contributed by atoms with van der Waals surface area (Å²) in [5.74, 6) is -0.121. The Bertz CT molecular complexity index is 1260. The third kappa shape index (κ3) is 4.63. The smallest absolute Gasteiger partial charge is 0.251 e. The number of oxazole rings is 1. The van der Waals surface area contributed by atoms with Crippen LogP contribution >= 0.6 is 0 Å². The first kappa shape index (κ1) is 21.9. The Morgan fingerprint density at radius 3 is 2.75 bits per heavy atom. The van der Waals surface area contributed by atoms with Crippen LogP contribution in [0.25, 0.3) is 17.2 Å². The number of allylic oxidation sites excluding steroid dienone is 2. The Morgan fingerprint density at radius 1 is 1.31 bits per heavy atom. The summed E-state index contributed by atoms with van der Waals surface area (Å²) < 4.78 is 29.0. The van der Waals surface area contributed by atoms with Gasteiger partial charge in [0.1, 0.15) is 17.7 Å². The topological polar surface area (TPSA) is 142 Å². The zero-order valence-electron chi connectivity index (χ0n) is 17.6. The fraction of sp³-hybridized carbons (Fsp3) is 0.333. The second kappa shape index (κ2) is 8.67. The quantitative estimate of drug-likeness (QED) is 0.425. The number of benzene rings is 1. The molecule has 0 aliphatic heterocycles. The number of sulfone groups is 1. The highest BCUT2D eigenvalue weighted by molar-refractivity contribution is 7.90. The van der Waals surface area contributed by atoms with Gasteiger partial charge >= 0.3 is 0 Å². The number of hydrogen-bond donors (Lipinski definition) is 2. The maximum Gasteiger partial charge on any atom is 0.251 e. The predicted octanol–water partition coefficient (Wildman–Crippen LogP) is 2.60. The van der Waals surface area contributed by atoms with Gasteiger partial charge in [-0.1, -0.05) is 23.4 Å². The second-order valence-corrected chi connectivity index (χ2v) is 9.83. The normalized spacial score (nSPS) is 16.6. The van der Waals surface area contributed by atoms with Crippen LogP contribution < -0.4 is 0 Å². The molecule has 2 aromatic heterocycles. The minimum Gasteiger partial charge on any atom is -0.443 e. The molecule has 3 aromatic rings. The molecule has 32 heavy (non-hydrogen) atoms. The van der Waals surface area contributed by atoms with E-state index in [0.717, 1.165) is 36.1 Å². The lowest BCUT2D eigenvalue weighted by molar-refractivity contribution is -0.158. The number of nitrogens with one attached hydrogen (secondary N) is 1. The molecule has 4 rings (SSSR count). The number of hydrogen-bond acceptors (Lipinski definition) is 8. The summed E-state index contributed by atoms with van der Waals surface area (Å²) in [5, 5.41) is 20.1. The van der Waals surface area contributed by atoms with Crippen LogP contribution in [0.5, 0.6) is 0 Å². The van der Waals surface area contributed by atoms with Crippen molar-refractivity contribution in [1.82, 2.24) is 25.5 Å². The van der Waals surface area contributed by atoms with Crippen LogP contribution in [-0.4, -0.2) is 58.3 Å². The summed E-state index contributed by atoms with van der Waals surface area (Å²) in [6.45, 7) is 0. The van der Waals surface area contributed by atoms with Gasteiger partial charge in [-0.15, -0.1) is 5.10 Å². The van der Waals surface area contributed by atoms with Crippen molar-refractivity contribution in [3.63, 3.8) is 0 Å². The Hall–Kier alpha value is -3.31. The minimum atomic E-state index is -3.23. The Morgan fingerprint density at radius 2 is 2.06 bits per heavy atom. The lowest BCUT2D eigenvalue weighted by Gasteiger charge is -2.21. The fourth-order valence-corrected chi connectivity index (χ4v) is 4.34. The van der Waals surface area contributed by atoms with Crippen molar-refractivity contribution < 1.29 is 22.8 Å². The van der Waals surface area contributed by atoms with Crippen LogP contribution in [0.4, 0.5) is 0 Å². The standard InChI is InChI=1S/C21H23N5O5S/c1-26(28)19(27)11-17-20(24-25-23-17)21-22-18(12-31-21)15-5-3-4-14(10-15)13-6-8-16(9-7-13)32(2,29)30/h4,6-9,12,15,28H,3,5,10-11H2,1-2H3,(H,23,24,25). The molecule has 1 amide bonds. The Balaban J connectivity index is 1.51. The molecule has 0 bridgehead atoms. The van der Waals surface area contributed by atoms with Gasteiger partial charge in [0.05, 0.1) is 17.0 Å². The van der Waals surface area contributed by atoms with E-state index < -0.39 is 15.7 Å². The molecular formula is C21H23N5O5S. The lowest BCUT2D eigenvalue weighted by atomic mass is 9.84. The molecule has 2 heterocycles. The van der Waals surface area contributed by atoms with E-state index in [1.54, 1.807) is 18.4 Å². The molecule has 1 aliphatic rings. The number of carbonyl (C=O) groups is 1. The lowest BCUT2D eigenvalue weighted by Crippen LogP contribution is -2.24. The Kier molecular flexibility index (Phi) is 5.94. The molecule has 0 saturated heterocycles. The summed E-state index contributed by atoms with van der Waals surface area (Å²) in [6, 6.07) is 6.91. The van der Waals surface area contributed by atoms with Crippen molar-refractivity contribution in [3.8, 4) is 11.6 Å². The highest BCUT2D eigenvalue weighted by atomic mass is 32.2. The monoisotopic (exact) mass is 457 g/mol. The zero-order chi connectivity index (χ0) is 22.9. The van der Waals surface area contributed by atoms with Crippen molar-refractivity contribution in [2.45, 2.75) is 36.5 Å². The molecule has 168 valence electrons. The van der Waals surface area contributed by atoms with Crippen LogP contribution in [-0.2, 0) is 21.1 Å². The van der Waals surface area contributed by atoms with Crippen LogP contribution in [0.3, 0.4) is 0 Å². The highest BCUT2D eigenvalue weighted by Crippen LogP contribution is 2.37. The summed E-state index contributed by atoms with van der Waals surface area (Å²) in [4.78, 5) is 16.7. The predicted molar refractivity (Wildman–Crippen MR) is 114 cm³/mol. The first-order valence-electron chi connectivity index (χ1n) is 10.0. The number of H-pyrrole nitrogens is 1. The van der Waals surface area contributed by atoms with Crippen LogP contribution in [0.15, 0.2) is 45.9 Å². The summed E-state index contributed by atoms with van der Waals surface area (Å²) in [6.07, 6.45) is 7.32. The molecule has 1 aromatic carbocycles. The van der Waals surface area contributed by atoms with Crippen LogP contribution in [0.1, 0.15) is 42.1 Å². The number of nitrogens with zero attached hydrogens (tertiary/aromatic N) is 4. The third-order valence-electron chi connectivity index (χ3n) is 5.48. The van der Waals surface area contributed by atoms with E-state index in [1.807, 2.05) is 12.1 Å². The van der Waals surface area contributed by atoms with Gasteiger partial charge in [-0.05, 0) is 42.5 Å². The maximum absolute atomic E-state index is 11.8. The van der Waals surface area contributed by atoms with Crippen molar-refractivity contribution in [1.29, 1.82) is 0 Å². The van der Waals surface area contributed by atoms with E-state index in [4.69, 9.17) is 4.42 Å². The molecule has 10 nitrogen and oxygen atoms in total. The number of carbonyl (C=O) groups excluding carboxylic acids is 1. The summed E-state index contributed by atoms with van der Waals surface area (Å²) in [7, 11) is -1.99. The third-order valence-corrected chi connectivity index (χ3v) is 6.61. The molecular weight excluding hydrogens is 434 g/mol. The van der Waals surface area contributed by atoms with Gasteiger partial charge in [0, 0.05) is 19.2 Å². The average molecular weight is 458 g/mol. The van der Waals surface area contributed by atoms with Gasteiger partial charge in [-0.2, -0.15) is 0 Å². The van der Waals surface area contributed by atoms with E-state index in [2.05, 4.69) is 26.5 Å². The number of aromatic amines is 1. The van der Waals surface area contributed by atoms with E-state index in [1.165, 1.54) is 13.3 Å². The number of likely N-dealkylation sites (N-methyl/N-ethyl adjacent to an activating group) is 1. The first-order valence-corrected chi connectivity index (χ1v) is 11.9. The van der Waals surface area contributed by atoms with Gasteiger partial charge < -0.3 is 4.42 Å². The first-order chi connectivity index (χ1) is 15.2. The molecule has 0 saturated carbocycles. The van der Waals surface area contributed by atoms with Gasteiger partial charge in [0.15, 0.2) is 9.84 Å². The molecule has 1 aliphatic carbocycles. The van der Waals surface area contributed by atoms with Crippen molar-refractivity contribution in [2.24, 2.45) is 0 Å². The number of aromatic nitrogens is 4. The van der Waals surface area contributed by atoms with E-state index >= 15 is 0 Å². The summed E-state index contributed by atoms with van der Waals surface area (Å²) in [5.41, 5.74) is 3.63. The zero-order valence-corrected chi connectivity index (χ0v) is 18.5. The SMILES string of the molecule is CN(O)C(=O)Cc1nn[nH]c1-c1nc(C2CCC=C(c3ccc(S(C)(=O)=O)cc3)C2)co1. The van der Waals surface area contributed by atoms with Gasteiger partial charge in [-0.25, -0.2) is 18.5 Å². The molecule has 0 fully saturated rings. The molecule has 1 unspecified atom stereocenters. The van der Waals surface area contributed by atoms with Gasteiger partial charge in [0.2, 0.25) is 5.89 Å². The number of hydroxylamine groups is 2. The second-order valence-electron chi connectivity index (χ2n) is 7.81.